The molecule has 5 heteroatoms. The molecule has 0 fully saturated rings. The van der Waals surface area contributed by atoms with Crippen LogP contribution in [-0.4, -0.2) is 33.0 Å². The standard InChI is InChI=1S/C14H22N2O2S/c1-2-19(17,18)11-5-9-16-10-8-13(15)12-6-3-4-7-14(12)16/h3-4,6-7,13H,2,5,8-11,15H2,1H3. The van der Waals surface area contributed by atoms with Gasteiger partial charge in [0.2, 0.25) is 0 Å². The third-order valence-corrected chi connectivity index (χ3v) is 5.50. The first-order chi connectivity index (χ1) is 9.03. The van der Waals surface area contributed by atoms with E-state index in [1.54, 1.807) is 6.92 Å². The fourth-order valence-electron chi connectivity index (χ4n) is 2.51. The van der Waals surface area contributed by atoms with E-state index in [1.165, 1.54) is 5.56 Å². The minimum atomic E-state index is -2.86. The summed E-state index contributed by atoms with van der Waals surface area (Å²) in [4.78, 5) is 2.25. The zero-order valence-electron chi connectivity index (χ0n) is 11.4. The number of para-hydroxylation sites is 1. The highest BCUT2D eigenvalue weighted by molar-refractivity contribution is 7.91. The largest absolute Gasteiger partial charge is 0.371 e. The third-order valence-electron chi connectivity index (χ3n) is 3.71. The first kappa shape index (κ1) is 14.3. The van der Waals surface area contributed by atoms with Crippen LogP contribution in [0.25, 0.3) is 0 Å². The molecule has 2 rings (SSSR count). The summed E-state index contributed by atoms with van der Waals surface area (Å²) >= 11 is 0. The molecule has 1 aromatic rings. The molecule has 0 aromatic heterocycles. The summed E-state index contributed by atoms with van der Waals surface area (Å²) < 4.78 is 23.0. The Balaban J connectivity index is 2.01. The molecule has 0 amide bonds. The van der Waals surface area contributed by atoms with Crippen molar-refractivity contribution in [3.8, 4) is 0 Å². The highest BCUT2D eigenvalue weighted by Gasteiger charge is 2.21. The van der Waals surface area contributed by atoms with Crippen LogP contribution in [0, 0.1) is 0 Å². The third kappa shape index (κ3) is 3.48. The number of anilines is 1. The van der Waals surface area contributed by atoms with Gasteiger partial charge in [-0.1, -0.05) is 25.1 Å². The molecule has 0 saturated heterocycles. The van der Waals surface area contributed by atoms with Gasteiger partial charge in [-0.25, -0.2) is 8.42 Å². The molecule has 2 N–H and O–H groups in total. The second-order valence-corrected chi connectivity index (χ2v) is 7.50. The van der Waals surface area contributed by atoms with Gasteiger partial charge in [0.1, 0.15) is 9.84 Å². The van der Waals surface area contributed by atoms with Crippen LogP contribution in [0.2, 0.25) is 0 Å². The average Bonchev–Trinajstić information content (AvgIpc) is 2.42. The molecule has 1 aliphatic rings. The maximum Gasteiger partial charge on any atom is 0.150 e. The van der Waals surface area contributed by atoms with Gasteiger partial charge in [-0.3, -0.25) is 0 Å². The molecule has 1 aromatic carbocycles. The summed E-state index contributed by atoms with van der Waals surface area (Å²) in [6, 6.07) is 8.25. The van der Waals surface area contributed by atoms with Crippen molar-refractivity contribution in [3.63, 3.8) is 0 Å². The number of rotatable bonds is 5. The normalized spacial score (nSPS) is 19.3. The predicted molar refractivity (Wildman–Crippen MR) is 79.1 cm³/mol. The first-order valence-corrected chi connectivity index (χ1v) is 8.65. The number of fused-ring (bicyclic) bond motifs is 1. The number of benzene rings is 1. The number of hydrogen-bond donors (Lipinski definition) is 1. The van der Waals surface area contributed by atoms with Gasteiger partial charge in [-0.2, -0.15) is 0 Å². The molecule has 0 spiro atoms. The number of sulfone groups is 1. The molecule has 0 radical (unpaired) electrons. The summed E-state index contributed by atoms with van der Waals surface area (Å²) in [6.45, 7) is 3.39. The second-order valence-electron chi connectivity index (χ2n) is 5.03. The Morgan fingerprint density at radius 2 is 2.11 bits per heavy atom. The monoisotopic (exact) mass is 282 g/mol. The lowest BCUT2D eigenvalue weighted by atomic mass is 9.97. The molecule has 1 unspecified atom stereocenters. The minimum Gasteiger partial charge on any atom is -0.371 e. The number of hydrogen-bond acceptors (Lipinski definition) is 4. The van der Waals surface area contributed by atoms with E-state index >= 15 is 0 Å². The van der Waals surface area contributed by atoms with Crippen molar-refractivity contribution in [2.75, 3.05) is 29.5 Å². The topological polar surface area (TPSA) is 63.4 Å². The van der Waals surface area contributed by atoms with Gasteiger partial charge in [-0.05, 0) is 24.5 Å². The van der Waals surface area contributed by atoms with Gasteiger partial charge in [0, 0.05) is 30.6 Å². The van der Waals surface area contributed by atoms with Crippen LogP contribution in [0.3, 0.4) is 0 Å². The Labute approximate surface area is 115 Å². The van der Waals surface area contributed by atoms with Gasteiger partial charge in [0.15, 0.2) is 0 Å². The smallest absolute Gasteiger partial charge is 0.150 e. The van der Waals surface area contributed by atoms with Crippen LogP contribution in [0.4, 0.5) is 5.69 Å². The van der Waals surface area contributed by atoms with Crippen molar-refractivity contribution in [3.05, 3.63) is 29.8 Å². The maximum absolute atomic E-state index is 11.5. The fourth-order valence-corrected chi connectivity index (χ4v) is 3.37. The Kier molecular flexibility index (Phi) is 4.47. The van der Waals surface area contributed by atoms with Crippen LogP contribution in [0.15, 0.2) is 24.3 Å². The molecule has 19 heavy (non-hydrogen) atoms. The Bertz CT molecular complexity index is 528. The molecule has 0 aliphatic carbocycles. The van der Waals surface area contributed by atoms with Crippen molar-refractivity contribution in [1.29, 1.82) is 0 Å². The minimum absolute atomic E-state index is 0.104. The van der Waals surface area contributed by atoms with Crippen LogP contribution in [0.5, 0.6) is 0 Å². The average molecular weight is 282 g/mol. The van der Waals surface area contributed by atoms with E-state index in [4.69, 9.17) is 5.73 Å². The lowest BCUT2D eigenvalue weighted by molar-refractivity contribution is 0.579. The van der Waals surface area contributed by atoms with Crippen molar-refractivity contribution >= 4 is 15.5 Å². The SMILES string of the molecule is CCS(=O)(=O)CCCN1CCC(N)c2ccccc21. The Morgan fingerprint density at radius 1 is 1.37 bits per heavy atom. The molecule has 1 atom stereocenters. The van der Waals surface area contributed by atoms with E-state index in [0.717, 1.165) is 25.2 Å². The maximum atomic E-state index is 11.5. The summed E-state index contributed by atoms with van der Waals surface area (Å²) in [5.74, 6) is 0.503. The zero-order valence-corrected chi connectivity index (χ0v) is 12.2. The van der Waals surface area contributed by atoms with Gasteiger partial charge >= 0.3 is 0 Å². The van der Waals surface area contributed by atoms with Gasteiger partial charge in [0.05, 0.1) is 5.75 Å². The zero-order chi connectivity index (χ0) is 13.9. The Morgan fingerprint density at radius 3 is 2.84 bits per heavy atom. The van der Waals surface area contributed by atoms with E-state index in [-0.39, 0.29) is 17.5 Å². The fraction of sp³-hybridized carbons (Fsp3) is 0.571. The van der Waals surface area contributed by atoms with E-state index < -0.39 is 9.84 Å². The van der Waals surface area contributed by atoms with Crippen molar-refractivity contribution in [2.24, 2.45) is 5.73 Å². The summed E-state index contributed by atoms with van der Waals surface area (Å²) in [6.07, 6.45) is 1.61. The number of nitrogens with zero attached hydrogens (tertiary/aromatic N) is 1. The Hall–Kier alpha value is -1.07. The van der Waals surface area contributed by atoms with Crippen molar-refractivity contribution in [1.82, 2.24) is 0 Å². The highest BCUT2D eigenvalue weighted by Crippen LogP contribution is 2.31. The van der Waals surface area contributed by atoms with Crippen LogP contribution < -0.4 is 10.6 Å². The lowest BCUT2D eigenvalue weighted by Gasteiger charge is -2.34. The van der Waals surface area contributed by atoms with Crippen molar-refractivity contribution in [2.45, 2.75) is 25.8 Å². The summed E-state index contributed by atoms with van der Waals surface area (Å²) in [7, 11) is -2.86. The van der Waals surface area contributed by atoms with Gasteiger partial charge < -0.3 is 10.6 Å². The molecule has 1 aliphatic heterocycles. The quantitative estimate of drug-likeness (QED) is 0.893. The van der Waals surface area contributed by atoms with E-state index in [2.05, 4.69) is 17.0 Å². The molecule has 106 valence electrons. The second kappa shape index (κ2) is 5.92. The summed E-state index contributed by atoms with van der Waals surface area (Å²) in [5.41, 5.74) is 8.44. The molecule has 1 heterocycles. The van der Waals surface area contributed by atoms with Crippen LogP contribution >= 0.6 is 0 Å². The predicted octanol–water partition coefficient (Wildman–Crippen LogP) is 1.72. The van der Waals surface area contributed by atoms with E-state index in [0.29, 0.717) is 6.42 Å². The first-order valence-electron chi connectivity index (χ1n) is 6.83. The van der Waals surface area contributed by atoms with E-state index in [1.807, 2.05) is 12.1 Å². The van der Waals surface area contributed by atoms with E-state index in [9.17, 15) is 8.42 Å². The molecule has 0 bridgehead atoms. The molecular formula is C14H22N2O2S. The molecular weight excluding hydrogens is 260 g/mol. The van der Waals surface area contributed by atoms with Crippen molar-refractivity contribution < 1.29 is 8.42 Å². The summed E-state index contributed by atoms with van der Waals surface area (Å²) in [5, 5.41) is 0. The lowest BCUT2D eigenvalue weighted by Crippen LogP contribution is -2.35. The van der Waals surface area contributed by atoms with Gasteiger partial charge in [-0.15, -0.1) is 0 Å². The van der Waals surface area contributed by atoms with Crippen LogP contribution in [-0.2, 0) is 9.84 Å². The highest BCUT2D eigenvalue weighted by atomic mass is 32.2. The van der Waals surface area contributed by atoms with Crippen LogP contribution in [0.1, 0.15) is 31.4 Å². The molecule has 4 nitrogen and oxygen atoms in total. The van der Waals surface area contributed by atoms with Gasteiger partial charge in [0.25, 0.3) is 0 Å². The number of nitrogens with two attached hydrogens (primary N) is 1. The molecule has 0 saturated carbocycles.